The van der Waals surface area contributed by atoms with E-state index >= 15 is 0 Å². The largest absolute Gasteiger partial charge is 0.449 e. The lowest BCUT2D eigenvalue weighted by Crippen LogP contribution is -2.39. The Labute approximate surface area is 169 Å². The fourth-order valence-corrected chi connectivity index (χ4v) is 4.05. The first-order valence-corrected chi connectivity index (χ1v) is 10.4. The van der Waals surface area contributed by atoms with Crippen LogP contribution in [0.3, 0.4) is 0 Å². The minimum atomic E-state index is -3.81. The molecule has 1 atom stereocenters. The fourth-order valence-electron chi connectivity index (χ4n) is 3.08. The summed E-state index contributed by atoms with van der Waals surface area (Å²) < 4.78 is 30.4. The Bertz CT molecular complexity index is 1020. The maximum Gasteiger partial charge on any atom is 0.338 e. The topological polar surface area (TPSA) is 93.2 Å². The number of rotatable bonds is 6. The molecule has 1 aliphatic heterocycles. The molecule has 0 unspecified atom stereocenters. The van der Waals surface area contributed by atoms with Gasteiger partial charge < -0.3 is 9.64 Å². The van der Waals surface area contributed by atoms with Gasteiger partial charge in [-0.15, -0.1) is 0 Å². The molecule has 154 valence electrons. The van der Waals surface area contributed by atoms with Crippen molar-refractivity contribution in [3.63, 3.8) is 0 Å². The van der Waals surface area contributed by atoms with E-state index in [9.17, 15) is 18.0 Å². The van der Waals surface area contributed by atoms with Gasteiger partial charge in [0.05, 0.1) is 17.6 Å². The van der Waals surface area contributed by atoms with E-state index in [0.29, 0.717) is 6.54 Å². The number of sulfonamides is 1. The predicted octanol–water partition coefficient (Wildman–Crippen LogP) is 2.00. The van der Waals surface area contributed by atoms with E-state index < -0.39 is 22.1 Å². The minimum Gasteiger partial charge on any atom is -0.449 e. The first-order valence-electron chi connectivity index (χ1n) is 8.99. The maximum absolute atomic E-state index is 12.7. The smallest absolute Gasteiger partial charge is 0.338 e. The molecule has 29 heavy (non-hydrogen) atoms. The average molecular weight is 418 g/mol. The van der Waals surface area contributed by atoms with E-state index in [4.69, 9.17) is 9.57 Å². The highest BCUT2D eigenvalue weighted by molar-refractivity contribution is 7.89. The molecular formula is C20H22N2O6S. The number of carbonyl (C=O) groups is 2. The summed E-state index contributed by atoms with van der Waals surface area (Å²) in [5.41, 5.74) is 2.06. The Kier molecular flexibility index (Phi) is 6.02. The second-order valence-electron chi connectivity index (χ2n) is 6.54. The van der Waals surface area contributed by atoms with Crippen LogP contribution in [0.2, 0.25) is 0 Å². The average Bonchev–Trinajstić information content (AvgIpc) is 3.16. The van der Waals surface area contributed by atoms with Crippen LogP contribution in [0, 0.1) is 0 Å². The number of esters is 1. The van der Waals surface area contributed by atoms with Gasteiger partial charge in [0.15, 0.2) is 6.10 Å². The van der Waals surface area contributed by atoms with Gasteiger partial charge in [-0.2, -0.15) is 0 Å². The van der Waals surface area contributed by atoms with E-state index in [-0.39, 0.29) is 16.4 Å². The first-order chi connectivity index (χ1) is 13.8. The molecule has 0 spiro atoms. The molecule has 1 heterocycles. The third-order valence-electron chi connectivity index (χ3n) is 4.77. The Morgan fingerprint density at radius 2 is 1.76 bits per heavy atom. The highest BCUT2D eigenvalue weighted by Gasteiger charge is 2.30. The number of hydrogen-bond donors (Lipinski definition) is 0. The highest BCUT2D eigenvalue weighted by atomic mass is 32.2. The lowest BCUT2D eigenvalue weighted by Gasteiger charge is -2.21. The van der Waals surface area contributed by atoms with Crippen molar-refractivity contribution in [2.45, 2.75) is 24.3 Å². The summed E-state index contributed by atoms with van der Waals surface area (Å²) >= 11 is 0. The number of hydroxylamine groups is 1. The molecule has 0 saturated heterocycles. The van der Waals surface area contributed by atoms with Crippen molar-refractivity contribution >= 4 is 27.6 Å². The van der Waals surface area contributed by atoms with Gasteiger partial charge in [-0.1, -0.05) is 22.7 Å². The number of amides is 1. The lowest BCUT2D eigenvalue weighted by molar-refractivity contribution is -0.126. The first kappa shape index (κ1) is 21.0. The van der Waals surface area contributed by atoms with Gasteiger partial charge >= 0.3 is 5.97 Å². The number of fused-ring (bicyclic) bond motifs is 1. The van der Waals surface area contributed by atoms with Crippen LogP contribution in [-0.2, 0) is 30.8 Å². The van der Waals surface area contributed by atoms with Crippen LogP contribution in [0.1, 0.15) is 22.8 Å². The summed E-state index contributed by atoms with van der Waals surface area (Å²) in [7, 11) is -1.31. The number of nitrogens with zero attached hydrogens (tertiary/aromatic N) is 2. The molecule has 0 saturated carbocycles. The molecule has 1 aliphatic rings. The summed E-state index contributed by atoms with van der Waals surface area (Å²) in [6.45, 7) is 2.06. The van der Waals surface area contributed by atoms with Gasteiger partial charge in [0.25, 0.3) is 15.9 Å². The molecule has 8 nitrogen and oxygen atoms in total. The van der Waals surface area contributed by atoms with Gasteiger partial charge in [0, 0.05) is 19.3 Å². The molecule has 3 rings (SSSR count). The molecule has 1 amide bonds. The van der Waals surface area contributed by atoms with E-state index in [1.807, 2.05) is 24.3 Å². The monoisotopic (exact) mass is 418 g/mol. The molecule has 0 aromatic heterocycles. The van der Waals surface area contributed by atoms with E-state index in [2.05, 4.69) is 0 Å². The number of benzene rings is 2. The van der Waals surface area contributed by atoms with Crippen molar-refractivity contribution in [1.82, 2.24) is 4.47 Å². The van der Waals surface area contributed by atoms with Crippen LogP contribution in [-0.4, -0.2) is 51.6 Å². The highest BCUT2D eigenvalue weighted by Crippen LogP contribution is 2.28. The second kappa shape index (κ2) is 8.32. The Hall–Kier alpha value is -2.75. The summed E-state index contributed by atoms with van der Waals surface area (Å²) in [6.07, 6.45) is -0.217. The SMILES string of the molecule is CON(C)S(=O)(=O)c1ccc(C(=O)O[C@@H](C)C(=O)N2CCc3ccccc32)cc1. The third kappa shape index (κ3) is 4.16. The van der Waals surface area contributed by atoms with Crippen molar-refractivity contribution in [1.29, 1.82) is 0 Å². The van der Waals surface area contributed by atoms with Gasteiger partial charge in [0.2, 0.25) is 0 Å². The van der Waals surface area contributed by atoms with Gasteiger partial charge in [-0.05, 0) is 49.2 Å². The van der Waals surface area contributed by atoms with Crippen LogP contribution < -0.4 is 4.90 Å². The molecule has 0 aliphatic carbocycles. The van der Waals surface area contributed by atoms with Crippen molar-refractivity contribution in [3.8, 4) is 0 Å². The van der Waals surface area contributed by atoms with E-state index in [1.165, 1.54) is 45.3 Å². The van der Waals surface area contributed by atoms with E-state index in [0.717, 1.165) is 22.1 Å². The Morgan fingerprint density at radius 1 is 1.10 bits per heavy atom. The summed E-state index contributed by atoms with van der Waals surface area (Å²) in [5, 5.41) is 0. The van der Waals surface area contributed by atoms with Crippen molar-refractivity contribution < 1.29 is 27.6 Å². The summed E-state index contributed by atoms with van der Waals surface area (Å²) in [4.78, 5) is 31.4. The van der Waals surface area contributed by atoms with Gasteiger partial charge in [0.1, 0.15) is 0 Å². The molecule has 0 N–H and O–H groups in total. The van der Waals surface area contributed by atoms with Crippen LogP contribution in [0.4, 0.5) is 5.69 Å². The van der Waals surface area contributed by atoms with Gasteiger partial charge in [-0.25, -0.2) is 13.2 Å². The molecule has 2 aromatic carbocycles. The second-order valence-corrected chi connectivity index (χ2v) is 8.47. The molecule has 0 radical (unpaired) electrons. The van der Waals surface area contributed by atoms with Crippen LogP contribution in [0.25, 0.3) is 0 Å². The zero-order valence-corrected chi connectivity index (χ0v) is 17.2. The minimum absolute atomic E-state index is 0.0313. The van der Waals surface area contributed by atoms with Gasteiger partial charge in [-0.3, -0.25) is 9.63 Å². The predicted molar refractivity (Wildman–Crippen MR) is 106 cm³/mol. The Morgan fingerprint density at radius 3 is 2.41 bits per heavy atom. The van der Waals surface area contributed by atoms with Crippen LogP contribution in [0.5, 0.6) is 0 Å². The fraction of sp³-hybridized carbons (Fsp3) is 0.300. The molecular weight excluding hydrogens is 396 g/mol. The molecule has 9 heteroatoms. The molecule has 0 fully saturated rings. The number of hydrogen-bond acceptors (Lipinski definition) is 6. The summed E-state index contributed by atoms with van der Waals surface area (Å²) in [6, 6.07) is 12.8. The Balaban J connectivity index is 1.68. The zero-order valence-electron chi connectivity index (χ0n) is 16.4. The number of para-hydroxylation sites is 1. The van der Waals surface area contributed by atoms with Crippen molar-refractivity contribution in [2.24, 2.45) is 0 Å². The summed E-state index contributed by atoms with van der Waals surface area (Å²) in [5.74, 6) is -1.01. The van der Waals surface area contributed by atoms with Crippen molar-refractivity contribution in [2.75, 3.05) is 25.6 Å². The molecule has 0 bridgehead atoms. The lowest BCUT2D eigenvalue weighted by atomic mass is 10.2. The van der Waals surface area contributed by atoms with Crippen LogP contribution >= 0.6 is 0 Å². The quantitative estimate of drug-likeness (QED) is 0.526. The number of anilines is 1. The standard InChI is InChI=1S/C20H22N2O6S/c1-14(19(23)22-13-12-15-6-4-5-7-18(15)22)28-20(24)16-8-10-17(11-9-16)29(25,26)21(2)27-3/h4-11,14H,12-13H2,1-3H3/t14-/m0/s1. The van der Waals surface area contributed by atoms with Crippen molar-refractivity contribution in [3.05, 3.63) is 59.7 Å². The number of ether oxygens (including phenoxy) is 1. The normalized spacial score (nSPS) is 14.6. The van der Waals surface area contributed by atoms with Crippen LogP contribution in [0.15, 0.2) is 53.4 Å². The third-order valence-corrected chi connectivity index (χ3v) is 6.46. The maximum atomic E-state index is 12.7. The number of carbonyl (C=O) groups excluding carboxylic acids is 2. The molecule has 2 aromatic rings. The zero-order chi connectivity index (χ0) is 21.2. The van der Waals surface area contributed by atoms with E-state index in [1.54, 1.807) is 4.90 Å².